The van der Waals surface area contributed by atoms with Crippen molar-refractivity contribution in [2.24, 2.45) is 0 Å². The van der Waals surface area contributed by atoms with Crippen LogP contribution in [0.4, 0.5) is 0 Å². The number of nitrogens with zero attached hydrogens (tertiary/aromatic N) is 2. The molecule has 2 N–H and O–H groups in total. The maximum absolute atomic E-state index is 12.6. The molecular weight excluding hydrogens is 372 g/mol. The number of nitrogens with one attached hydrogen (secondary N) is 2. The van der Waals surface area contributed by atoms with Gasteiger partial charge in [0, 0.05) is 6.04 Å². The summed E-state index contributed by atoms with van der Waals surface area (Å²) in [6, 6.07) is 20.2. The molecule has 1 heterocycles. The molecule has 4 rings (SSSR count). The molecule has 28 heavy (non-hydrogen) atoms. The summed E-state index contributed by atoms with van der Waals surface area (Å²) in [4.78, 5) is 24.5. The second-order valence-corrected chi connectivity index (χ2v) is 7.86. The lowest BCUT2D eigenvalue weighted by atomic mass is 9.99. The summed E-state index contributed by atoms with van der Waals surface area (Å²) >= 11 is 1.30. The highest BCUT2D eigenvalue weighted by Crippen LogP contribution is 2.36. The standard InChI is InChI=1S/C21H22N4O2S/c26-19(14-28-21-24-23-20(27)25(21)17-11-12-17)22-18(16-9-5-2-6-10-16)13-15-7-3-1-4-8-15/h1-10,17-18H,11-14H2,(H,22,26)(H,23,27)/t18-/m1/s1. The van der Waals surface area contributed by atoms with Gasteiger partial charge < -0.3 is 5.32 Å². The monoisotopic (exact) mass is 394 g/mol. The Morgan fingerprint density at radius 1 is 1.14 bits per heavy atom. The number of benzene rings is 2. The molecule has 0 unspecified atom stereocenters. The van der Waals surface area contributed by atoms with Gasteiger partial charge in [0.25, 0.3) is 0 Å². The summed E-state index contributed by atoms with van der Waals surface area (Å²) in [6.45, 7) is 0. The van der Waals surface area contributed by atoms with Crippen molar-refractivity contribution in [1.29, 1.82) is 0 Å². The van der Waals surface area contributed by atoms with E-state index in [1.165, 1.54) is 17.3 Å². The first-order chi connectivity index (χ1) is 13.7. The van der Waals surface area contributed by atoms with E-state index in [0.717, 1.165) is 24.8 Å². The number of hydrogen-bond acceptors (Lipinski definition) is 4. The van der Waals surface area contributed by atoms with Crippen LogP contribution in [0.15, 0.2) is 70.6 Å². The molecule has 144 valence electrons. The number of carbonyl (C=O) groups excluding carboxylic acids is 1. The van der Waals surface area contributed by atoms with Gasteiger partial charge in [-0.05, 0) is 30.4 Å². The normalized spacial score (nSPS) is 14.6. The number of carbonyl (C=O) groups is 1. The molecular formula is C21H22N4O2S. The van der Waals surface area contributed by atoms with Crippen LogP contribution in [-0.2, 0) is 11.2 Å². The maximum atomic E-state index is 12.6. The second kappa shape index (κ2) is 8.48. The summed E-state index contributed by atoms with van der Waals surface area (Å²) in [5, 5.41) is 10.3. The fourth-order valence-corrected chi connectivity index (χ4v) is 4.03. The third-order valence-corrected chi connectivity index (χ3v) is 5.69. The van der Waals surface area contributed by atoms with E-state index in [1.54, 1.807) is 4.57 Å². The van der Waals surface area contributed by atoms with E-state index in [2.05, 4.69) is 27.6 Å². The molecule has 1 fully saturated rings. The zero-order valence-corrected chi connectivity index (χ0v) is 16.2. The number of hydrogen-bond donors (Lipinski definition) is 2. The molecule has 7 heteroatoms. The summed E-state index contributed by atoms with van der Waals surface area (Å²) in [7, 11) is 0. The molecule has 6 nitrogen and oxygen atoms in total. The van der Waals surface area contributed by atoms with Gasteiger partial charge in [0.1, 0.15) is 0 Å². The van der Waals surface area contributed by atoms with E-state index in [0.29, 0.717) is 5.16 Å². The van der Waals surface area contributed by atoms with Gasteiger partial charge in [-0.25, -0.2) is 9.89 Å². The first-order valence-corrected chi connectivity index (χ1v) is 10.4. The van der Waals surface area contributed by atoms with Crippen LogP contribution >= 0.6 is 11.8 Å². The molecule has 1 aliphatic carbocycles. The van der Waals surface area contributed by atoms with Gasteiger partial charge in [-0.2, -0.15) is 0 Å². The molecule has 0 radical (unpaired) electrons. The largest absolute Gasteiger partial charge is 0.348 e. The fourth-order valence-electron chi connectivity index (χ4n) is 3.20. The zero-order chi connectivity index (χ0) is 19.3. The average molecular weight is 395 g/mol. The number of aromatic amines is 1. The molecule has 1 aliphatic rings. The fraction of sp³-hybridized carbons (Fsp3) is 0.286. The van der Waals surface area contributed by atoms with Crippen molar-refractivity contribution in [1.82, 2.24) is 20.1 Å². The van der Waals surface area contributed by atoms with Crippen molar-refractivity contribution in [2.45, 2.75) is 36.5 Å². The van der Waals surface area contributed by atoms with E-state index in [1.807, 2.05) is 48.5 Å². The summed E-state index contributed by atoms with van der Waals surface area (Å²) in [5.41, 5.74) is 2.04. The minimum absolute atomic E-state index is 0.0763. The van der Waals surface area contributed by atoms with Gasteiger partial charge in [0.05, 0.1) is 11.8 Å². The first-order valence-electron chi connectivity index (χ1n) is 9.38. The number of rotatable bonds is 8. The van der Waals surface area contributed by atoms with Gasteiger partial charge in [-0.3, -0.25) is 9.36 Å². The predicted octanol–water partition coefficient (Wildman–Crippen LogP) is 3.10. The first kappa shape index (κ1) is 18.6. The third-order valence-electron chi connectivity index (χ3n) is 4.74. The minimum atomic E-state index is -0.198. The molecule has 1 amide bonds. The Labute approximate surface area is 167 Å². The SMILES string of the molecule is O=C(CSc1n[nH]c(=O)n1C1CC1)N[C@H](Cc1ccccc1)c1ccccc1. The molecule has 0 saturated heterocycles. The number of H-pyrrole nitrogens is 1. The molecule has 0 aliphatic heterocycles. The van der Waals surface area contributed by atoms with E-state index in [9.17, 15) is 9.59 Å². The molecule has 2 aromatic carbocycles. The molecule has 3 aromatic rings. The van der Waals surface area contributed by atoms with Crippen molar-refractivity contribution in [3.8, 4) is 0 Å². The van der Waals surface area contributed by atoms with Crippen LogP contribution in [0.2, 0.25) is 0 Å². The van der Waals surface area contributed by atoms with Crippen molar-refractivity contribution in [3.63, 3.8) is 0 Å². The van der Waals surface area contributed by atoms with Crippen LogP contribution in [0.3, 0.4) is 0 Å². The van der Waals surface area contributed by atoms with Crippen LogP contribution in [0, 0.1) is 0 Å². The average Bonchev–Trinajstić information content (AvgIpc) is 3.49. The Kier molecular flexibility index (Phi) is 5.62. The van der Waals surface area contributed by atoms with Gasteiger partial charge in [-0.15, -0.1) is 5.10 Å². The van der Waals surface area contributed by atoms with Crippen LogP contribution in [0.5, 0.6) is 0 Å². The Hall–Kier alpha value is -2.80. The van der Waals surface area contributed by atoms with E-state index in [-0.39, 0.29) is 29.4 Å². The molecule has 0 bridgehead atoms. The van der Waals surface area contributed by atoms with Crippen molar-refractivity contribution < 1.29 is 4.79 Å². The smallest absolute Gasteiger partial charge is 0.344 e. The number of aromatic nitrogens is 3. The minimum Gasteiger partial charge on any atom is -0.348 e. The lowest BCUT2D eigenvalue weighted by molar-refractivity contribution is -0.119. The molecule has 1 atom stereocenters. The lowest BCUT2D eigenvalue weighted by Gasteiger charge is -2.19. The Morgan fingerprint density at radius 2 is 1.82 bits per heavy atom. The van der Waals surface area contributed by atoms with Gasteiger partial charge in [-0.1, -0.05) is 72.4 Å². The second-order valence-electron chi connectivity index (χ2n) is 6.92. The van der Waals surface area contributed by atoms with Gasteiger partial charge >= 0.3 is 5.69 Å². The number of amides is 1. The lowest BCUT2D eigenvalue weighted by Crippen LogP contribution is -2.31. The van der Waals surface area contributed by atoms with Crippen molar-refractivity contribution in [2.75, 3.05) is 5.75 Å². The molecule has 0 spiro atoms. The van der Waals surface area contributed by atoms with Crippen LogP contribution in [0.25, 0.3) is 0 Å². The summed E-state index contributed by atoms with van der Waals surface area (Å²) in [6.07, 6.45) is 2.70. The highest BCUT2D eigenvalue weighted by atomic mass is 32.2. The van der Waals surface area contributed by atoms with Gasteiger partial charge in [0.2, 0.25) is 5.91 Å². The summed E-state index contributed by atoms with van der Waals surface area (Å²) in [5.74, 6) is 0.141. The Balaban J connectivity index is 1.43. The Morgan fingerprint density at radius 3 is 2.50 bits per heavy atom. The highest BCUT2D eigenvalue weighted by Gasteiger charge is 2.28. The maximum Gasteiger partial charge on any atom is 0.344 e. The van der Waals surface area contributed by atoms with Crippen molar-refractivity contribution >= 4 is 17.7 Å². The zero-order valence-electron chi connectivity index (χ0n) is 15.4. The van der Waals surface area contributed by atoms with Crippen LogP contribution in [-0.4, -0.2) is 26.4 Å². The quantitative estimate of drug-likeness (QED) is 0.576. The highest BCUT2D eigenvalue weighted by molar-refractivity contribution is 7.99. The summed E-state index contributed by atoms with van der Waals surface area (Å²) < 4.78 is 1.66. The van der Waals surface area contributed by atoms with E-state index in [4.69, 9.17) is 0 Å². The van der Waals surface area contributed by atoms with Gasteiger partial charge in [0.15, 0.2) is 5.16 Å². The van der Waals surface area contributed by atoms with Crippen LogP contribution < -0.4 is 11.0 Å². The van der Waals surface area contributed by atoms with Crippen molar-refractivity contribution in [3.05, 3.63) is 82.3 Å². The topological polar surface area (TPSA) is 79.8 Å². The third kappa shape index (κ3) is 4.54. The molecule has 1 aromatic heterocycles. The van der Waals surface area contributed by atoms with E-state index >= 15 is 0 Å². The Bertz CT molecular complexity index is 980. The number of thioether (sulfide) groups is 1. The van der Waals surface area contributed by atoms with Crippen LogP contribution in [0.1, 0.15) is 36.1 Å². The molecule has 1 saturated carbocycles. The van der Waals surface area contributed by atoms with E-state index < -0.39 is 0 Å². The predicted molar refractivity (Wildman–Crippen MR) is 109 cm³/mol.